The highest BCUT2D eigenvalue weighted by Gasteiger charge is 2.20. The molecule has 1 N–H and O–H groups in total. The van der Waals surface area contributed by atoms with Crippen LogP contribution in [-0.4, -0.2) is 16.9 Å². The number of benzene rings is 1. The lowest BCUT2D eigenvalue weighted by Crippen LogP contribution is -2.27. The molecule has 1 saturated carbocycles. The van der Waals surface area contributed by atoms with Crippen LogP contribution in [0.1, 0.15) is 46.5 Å². The molecule has 20 heavy (non-hydrogen) atoms. The molecular weight excluding hydrogens is 270 g/mol. The van der Waals surface area contributed by atoms with Gasteiger partial charge in [0.05, 0.1) is 5.69 Å². The molecule has 0 spiro atoms. The standard InChI is InChI=1S/C16H23NO2S/c1-16(2,3)19-15(18)17-13-10-6-7-11-14(13)20-12-8-4-5-9-12/h6-7,10-12H,4-5,8-9H2,1-3H3,(H,17,18). The fourth-order valence-corrected chi connectivity index (χ4v) is 3.60. The highest BCUT2D eigenvalue weighted by molar-refractivity contribution is 8.00. The van der Waals surface area contributed by atoms with Crippen LogP contribution in [0.2, 0.25) is 0 Å². The van der Waals surface area contributed by atoms with Crippen LogP contribution in [0.3, 0.4) is 0 Å². The lowest BCUT2D eigenvalue weighted by atomic mass is 10.2. The second-order valence-electron chi connectivity index (χ2n) is 6.15. The Morgan fingerprint density at radius 2 is 1.90 bits per heavy atom. The summed E-state index contributed by atoms with van der Waals surface area (Å²) in [6.45, 7) is 5.60. The Balaban J connectivity index is 2.01. The molecule has 1 aliphatic carbocycles. The lowest BCUT2D eigenvalue weighted by Gasteiger charge is -2.20. The summed E-state index contributed by atoms with van der Waals surface area (Å²) in [5, 5.41) is 3.54. The summed E-state index contributed by atoms with van der Waals surface area (Å²) < 4.78 is 5.31. The number of carbonyl (C=O) groups is 1. The molecule has 0 saturated heterocycles. The van der Waals surface area contributed by atoms with E-state index in [1.54, 1.807) is 0 Å². The van der Waals surface area contributed by atoms with Crippen LogP contribution in [0.25, 0.3) is 0 Å². The van der Waals surface area contributed by atoms with E-state index in [1.165, 1.54) is 25.7 Å². The summed E-state index contributed by atoms with van der Waals surface area (Å²) in [4.78, 5) is 13.0. The van der Waals surface area contributed by atoms with Gasteiger partial charge in [-0.15, -0.1) is 11.8 Å². The van der Waals surface area contributed by atoms with Crippen molar-refractivity contribution in [2.45, 2.75) is 62.2 Å². The second-order valence-corrected chi connectivity index (χ2v) is 7.49. The molecule has 3 nitrogen and oxygen atoms in total. The van der Waals surface area contributed by atoms with Gasteiger partial charge in [0.2, 0.25) is 0 Å². The van der Waals surface area contributed by atoms with Gasteiger partial charge in [0, 0.05) is 10.1 Å². The molecule has 1 amide bonds. The molecule has 0 radical (unpaired) electrons. The van der Waals surface area contributed by atoms with E-state index in [1.807, 2.05) is 50.7 Å². The number of hydrogen-bond acceptors (Lipinski definition) is 3. The van der Waals surface area contributed by atoms with Crippen molar-refractivity contribution in [1.82, 2.24) is 0 Å². The summed E-state index contributed by atoms with van der Waals surface area (Å²) >= 11 is 1.87. The minimum Gasteiger partial charge on any atom is -0.444 e. The van der Waals surface area contributed by atoms with Gasteiger partial charge in [-0.3, -0.25) is 5.32 Å². The maximum atomic E-state index is 11.9. The summed E-state index contributed by atoms with van der Waals surface area (Å²) in [5.41, 5.74) is 0.371. The third kappa shape index (κ3) is 4.75. The minimum absolute atomic E-state index is 0.392. The van der Waals surface area contributed by atoms with Gasteiger partial charge >= 0.3 is 6.09 Å². The van der Waals surface area contributed by atoms with Crippen molar-refractivity contribution < 1.29 is 9.53 Å². The molecule has 1 aromatic carbocycles. The number of nitrogens with one attached hydrogen (secondary N) is 1. The average molecular weight is 293 g/mol. The molecule has 0 aliphatic heterocycles. The zero-order valence-electron chi connectivity index (χ0n) is 12.4. The third-order valence-corrected chi connectivity index (χ3v) is 4.53. The van der Waals surface area contributed by atoms with E-state index in [2.05, 4.69) is 11.4 Å². The SMILES string of the molecule is CC(C)(C)OC(=O)Nc1ccccc1SC1CCCC1. The van der Waals surface area contributed by atoms with Crippen LogP contribution in [-0.2, 0) is 4.74 Å². The Kier molecular flexibility index (Phi) is 4.97. The van der Waals surface area contributed by atoms with Crippen molar-refractivity contribution in [3.05, 3.63) is 24.3 Å². The Bertz CT molecular complexity index is 462. The topological polar surface area (TPSA) is 38.3 Å². The number of ether oxygens (including phenoxy) is 1. The molecule has 2 rings (SSSR count). The van der Waals surface area contributed by atoms with E-state index in [4.69, 9.17) is 4.74 Å². The Morgan fingerprint density at radius 1 is 1.25 bits per heavy atom. The largest absolute Gasteiger partial charge is 0.444 e. The van der Waals surface area contributed by atoms with E-state index in [-0.39, 0.29) is 0 Å². The number of para-hydroxylation sites is 1. The normalized spacial score (nSPS) is 16.1. The fourth-order valence-electron chi connectivity index (χ4n) is 2.27. The van der Waals surface area contributed by atoms with Crippen molar-refractivity contribution in [2.24, 2.45) is 0 Å². The van der Waals surface area contributed by atoms with Crippen LogP contribution in [0.4, 0.5) is 10.5 Å². The highest BCUT2D eigenvalue weighted by Crippen LogP contribution is 2.38. The van der Waals surface area contributed by atoms with Gasteiger partial charge in [0.25, 0.3) is 0 Å². The van der Waals surface area contributed by atoms with E-state index in [0.717, 1.165) is 10.6 Å². The van der Waals surface area contributed by atoms with Crippen LogP contribution in [0.5, 0.6) is 0 Å². The quantitative estimate of drug-likeness (QED) is 0.845. The van der Waals surface area contributed by atoms with Crippen molar-refractivity contribution in [1.29, 1.82) is 0 Å². The Labute approximate surface area is 125 Å². The van der Waals surface area contributed by atoms with Gasteiger partial charge in [-0.25, -0.2) is 4.79 Å². The van der Waals surface area contributed by atoms with Gasteiger partial charge < -0.3 is 4.74 Å². The maximum absolute atomic E-state index is 11.9. The number of thioether (sulfide) groups is 1. The molecular formula is C16H23NO2S. The molecule has 1 aliphatic rings. The zero-order valence-corrected chi connectivity index (χ0v) is 13.3. The number of hydrogen-bond donors (Lipinski definition) is 1. The smallest absolute Gasteiger partial charge is 0.412 e. The van der Waals surface area contributed by atoms with E-state index in [9.17, 15) is 4.79 Å². The first-order valence-corrected chi connectivity index (χ1v) is 8.08. The summed E-state index contributed by atoms with van der Waals surface area (Å²) in [5.74, 6) is 0. The first-order chi connectivity index (χ1) is 9.44. The molecule has 0 heterocycles. The first-order valence-electron chi connectivity index (χ1n) is 7.20. The third-order valence-electron chi connectivity index (χ3n) is 3.12. The zero-order chi connectivity index (χ0) is 14.6. The van der Waals surface area contributed by atoms with Crippen molar-refractivity contribution in [2.75, 3.05) is 5.32 Å². The fraction of sp³-hybridized carbons (Fsp3) is 0.562. The maximum Gasteiger partial charge on any atom is 0.412 e. The predicted octanol–water partition coefficient (Wildman–Crippen LogP) is 5.07. The van der Waals surface area contributed by atoms with Gasteiger partial charge in [-0.2, -0.15) is 0 Å². The molecule has 0 unspecified atom stereocenters. The van der Waals surface area contributed by atoms with Gasteiger partial charge in [-0.1, -0.05) is 25.0 Å². The molecule has 0 aromatic heterocycles. The number of rotatable bonds is 3. The van der Waals surface area contributed by atoms with Crippen molar-refractivity contribution in [3.8, 4) is 0 Å². The minimum atomic E-state index is -0.475. The molecule has 110 valence electrons. The first kappa shape index (κ1) is 15.2. The van der Waals surface area contributed by atoms with E-state index < -0.39 is 11.7 Å². The van der Waals surface area contributed by atoms with Gasteiger partial charge in [0.15, 0.2) is 0 Å². The van der Waals surface area contributed by atoms with Crippen molar-refractivity contribution in [3.63, 3.8) is 0 Å². The average Bonchev–Trinajstić information content (AvgIpc) is 2.82. The highest BCUT2D eigenvalue weighted by atomic mass is 32.2. The summed E-state index contributed by atoms with van der Waals surface area (Å²) in [6, 6.07) is 7.94. The van der Waals surface area contributed by atoms with Crippen LogP contribution in [0, 0.1) is 0 Å². The summed E-state index contributed by atoms with van der Waals surface area (Å²) in [7, 11) is 0. The number of carbonyl (C=O) groups excluding carboxylic acids is 1. The Hall–Kier alpha value is -1.16. The Morgan fingerprint density at radius 3 is 2.55 bits per heavy atom. The van der Waals surface area contributed by atoms with E-state index in [0.29, 0.717) is 5.25 Å². The molecule has 4 heteroatoms. The van der Waals surface area contributed by atoms with Gasteiger partial charge in [-0.05, 0) is 45.7 Å². The molecule has 1 aromatic rings. The predicted molar refractivity (Wildman–Crippen MR) is 84.4 cm³/mol. The summed E-state index contributed by atoms with van der Waals surface area (Å²) in [6.07, 6.45) is 4.78. The number of amides is 1. The second kappa shape index (κ2) is 6.53. The van der Waals surface area contributed by atoms with Crippen LogP contribution < -0.4 is 5.32 Å². The lowest BCUT2D eigenvalue weighted by molar-refractivity contribution is 0.0635. The molecule has 0 atom stereocenters. The number of anilines is 1. The van der Waals surface area contributed by atoms with Gasteiger partial charge in [0.1, 0.15) is 5.60 Å². The van der Waals surface area contributed by atoms with E-state index >= 15 is 0 Å². The molecule has 0 bridgehead atoms. The van der Waals surface area contributed by atoms with Crippen LogP contribution >= 0.6 is 11.8 Å². The van der Waals surface area contributed by atoms with Crippen LogP contribution in [0.15, 0.2) is 29.2 Å². The molecule has 1 fully saturated rings. The van der Waals surface area contributed by atoms with Crippen molar-refractivity contribution >= 4 is 23.5 Å². The monoisotopic (exact) mass is 293 g/mol.